The first-order valence-corrected chi connectivity index (χ1v) is 10.1. The molecule has 0 nitrogen and oxygen atoms in total. The normalized spacial score (nSPS) is 60.0. The molecule has 4 rings (SSSR count). The fraction of sp³-hybridized carbons (Fsp3) is 1.00. The lowest BCUT2D eigenvalue weighted by molar-refractivity contribution is -0.101. The van der Waals surface area contributed by atoms with Crippen molar-refractivity contribution in [3.8, 4) is 0 Å². The number of halogens is 2. The molecular formula is C19H30Cl2. The molecule has 0 aromatic heterocycles. The summed E-state index contributed by atoms with van der Waals surface area (Å²) >= 11 is 13.1. The summed E-state index contributed by atoms with van der Waals surface area (Å²) in [5, 5.41) is 0.408. The van der Waals surface area contributed by atoms with Gasteiger partial charge in [-0.05, 0) is 85.9 Å². The first-order chi connectivity index (χ1) is 9.94. The maximum absolute atomic E-state index is 6.61. The Morgan fingerprint density at radius 3 is 2.48 bits per heavy atom. The Morgan fingerprint density at radius 2 is 1.67 bits per heavy atom. The zero-order valence-electron chi connectivity index (χ0n) is 13.6. The second-order valence-electron chi connectivity index (χ2n) is 9.21. The van der Waals surface area contributed by atoms with Crippen LogP contribution in [0.4, 0.5) is 0 Å². The summed E-state index contributed by atoms with van der Waals surface area (Å²) in [6.07, 6.45) is 12.6. The van der Waals surface area contributed by atoms with E-state index in [1.165, 1.54) is 44.9 Å². The third kappa shape index (κ3) is 2.14. The molecule has 4 aliphatic carbocycles. The van der Waals surface area contributed by atoms with E-state index in [2.05, 4.69) is 13.8 Å². The van der Waals surface area contributed by atoms with Crippen LogP contribution in [0.5, 0.6) is 0 Å². The van der Waals surface area contributed by atoms with Gasteiger partial charge in [-0.25, -0.2) is 0 Å². The van der Waals surface area contributed by atoms with Crippen LogP contribution in [0.25, 0.3) is 0 Å². The molecule has 21 heavy (non-hydrogen) atoms. The van der Waals surface area contributed by atoms with E-state index < -0.39 is 0 Å². The Morgan fingerprint density at radius 1 is 0.857 bits per heavy atom. The van der Waals surface area contributed by atoms with E-state index in [1.54, 1.807) is 0 Å². The number of alkyl halides is 2. The van der Waals surface area contributed by atoms with Gasteiger partial charge in [-0.15, -0.1) is 23.2 Å². The SMILES string of the molecule is C[C@@]12CCC[C@H]1[C@@H]1CC[C@H]3C[C@@H](Cl)[C@H](Cl)C[C@]3(C)[C@H]1CC2. The number of rotatable bonds is 0. The molecule has 8 atom stereocenters. The van der Waals surface area contributed by atoms with Crippen LogP contribution in [0, 0.1) is 34.5 Å². The molecule has 0 heterocycles. The zero-order valence-corrected chi connectivity index (χ0v) is 15.1. The van der Waals surface area contributed by atoms with Gasteiger partial charge in [-0.1, -0.05) is 20.3 Å². The van der Waals surface area contributed by atoms with Crippen LogP contribution in [0.2, 0.25) is 0 Å². The minimum Gasteiger partial charge on any atom is -0.121 e. The van der Waals surface area contributed by atoms with Gasteiger partial charge in [0.15, 0.2) is 0 Å². The maximum Gasteiger partial charge on any atom is 0.0505 e. The quantitative estimate of drug-likeness (QED) is 0.461. The van der Waals surface area contributed by atoms with Gasteiger partial charge in [0.1, 0.15) is 0 Å². The summed E-state index contributed by atoms with van der Waals surface area (Å²) < 4.78 is 0. The van der Waals surface area contributed by atoms with Gasteiger partial charge in [0.05, 0.1) is 10.8 Å². The molecule has 0 aromatic carbocycles. The van der Waals surface area contributed by atoms with Gasteiger partial charge >= 0.3 is 0 Å². The van der Waals surface area contributed by atoms with Crippen LogP contribution in [0.1, 0.15) is 71.6 Å². The molecule has 4 fully saturated rings. The Bertz CT molecular complexity index is 422. The van der Waals surface area contributed by atoms with E-state index in [-0.39, 0.29) is 10.8 Å². The van der Waals surface area contributed by atoms with E-state index in [1.807, 2.05) is 0 Å². The Kier molecular flexibility index (Phi) is 3.63. The van der Waals surface area contributed by atoms with Crippen molar-refractivity contribution in [1.29, 1.82) is 0 Å². The highest BCUT2D eigenvalue weighted by Crippen LogP contribution is 2.66. The summed E-state index contributed by atoms with van der Waals surface area (Å²) in [7, 11) is 0. The number of fused-ring (bicyclic) bond motifs is 5. The number of hydrogen-bond acceptors (Lipinski definition) is 0. The average molecular weight is 329 g/mol. The van der Waals surface area contributed by atoms with Crippen LogP contribution in [-0.2, 0) is 0 Å². The molecule has 0 N–H and O–H groups in total. The highest BCUT2D eigenvalue weighted by Gasteiger charge is 2.58. The lowest BCUT2D eigenvalue weighted by Crippen LogP contribution is -2.54. The monoisotopic (exact) mass is 328 g/mol. The van der Waals surface area contributed by atoms with Crippen LogP contribution in [-0.4, -0.2) is 10.8 Å². The van der Waals surface area contributed by atoms with Crippen molar-refractivity contribution in [1.82, 2.24) is 0 Å². The Labute approximate surface area is 140 Å². The molecule has 2 heteroatoms. The van der Waals surface area contributed by atoms with Gasteiger partial charge in [0.2, 0.25) is 0 Å². The highest BCUT2D eigenvalue weighted by molar-refractivity contribution is 6.30. The smallest absolute Gasteiger partial charge is 0.0505 e. The van der Waals surface area contributed by atoms with E-state index in [4.69, 9.17) is 23.2 Å². The van der Waals surface area contributed by atoms with Crippen molar-refractivity contribution in [2.45, 2.75) is 82.4 Å². The van der Waals surface area contributed by atoms with Crippen molar-refractivity contribution in [2.75, 3.05) is 0 Å². The van der Waals surface area contributed by atoms with Crippen LogP contribution in [0.3, 0.4) is 0 Å². The summed E-state index contributed by atoms with van der Waals surface area (Å²) in [6, 6.07) is 0. The van der Waals surface area contributed by atoms with Crippen molar-refractivity contribution < 1.29 is 0 Å². The molecular weight excluding hydrogens is 299 g/mol. The fourth-order valence-corrected chi connectivity index (χ4v) is 7.94. The molecule has 0 bridgehead atoms. The van der Waals surface area contributed by atoms with Crippen LogP contribution in [0.15, 0.2) is 0 Å². The molecule has 0 unspecified atom stereocenters. The van der Waals surface area contributed by atoms with E-state index in [0.717, 1.165) is 36.5 Å². The fourth-order valence-electron chi connectivity index (χ4n) is 7.20. The summed E-state index contributed by atoms with van der Waals surface area (Å²) in [5.74, 6) is 3.76. The maximum atomic E-state index is 6.61. The van der Waals surface area contributed by atoms with Crippen LogP contribution < -0.4 is 0 Å². The Hall–Kier alpha value is 0.580. The minimum atomic E-state index is 0.198. The predicted molar refractivity (Wildman–Crippen MR) is 91.0 cm³/mol. The molecule has 0 radical (unpaired) electrons. The molecule has 4 aliphatic rings. The summed E-state index contributed by atoms with van der Waals surface area (Å²) in [5.41, 5.74) is 1.15. The molecule has 0 spiro atoms. The molecule has 4 saturated carbocycles. The molecule has 0 aromatic rings. The van der Waals surface area contributed by atoms with Gasteiger partial charge < -0.3 is 0 Å². The largest absolute Gasteiger partial charge is 0.121 e. The van der Waals surface area contributed by atoms with Crippen molar-refractivity contribution in [2.24, 2.45) is 34.5 Å². The summed E-state index contributed by atoms with van der Waals surface area (Å²) in [4.78, 5) is 0. The minimum absolute atomic E-state index is 0.198. The van der Waals surface area contributed by atoms with Crippen molar-refractivity contribution in [3.05, 3.63) is 0 Å². The van der Waals surface area contributed by atoms with Gasteiger partial charge in [-0.3, -0.25) is 0 Å². The van der Waals surface area contributed by atoms with Gasteiger partial charge in [-0.2, -0.15) is 0 Å². The zero-order chi connectivity index (χ0) is 14.8. The molecule has 120 valence electrons. The third-order valence-corrected chi connectivity index (χ3v) is 9.45. The standard InChI is InChI=1S/C19H30Cl2/c1-18-8-3-4-14(18)13-6-5-12-10-16(20)17(21)11-19(12,2)15(13)7-9-18/h12-17H,3-11H2,1-2H3/t12-,13-,14-,15-,16+,17+,18-,19-/m0/s1. The molecule has 0 saturated heterocycles. The highest BCUT2D eigenvalue weighted by atomic mass is 35.5. The summed E-state index contributed by atoms with van der Waals surface area (Å²) in [6.45, 7) is 5.17. The topological polar surface area (TPSA) is 0 Å². The number of hydrogen-bond donors (Lipinski definition) is 0. The Balaban J connectivity index is 1.63. The molecule has 0 amide bonds. The lowest BCUT2D eigenvalue weighted by Gasteiger charge is -2.61. The van der Waals surface area contributed by atoms with Gasteiger partial charge in [0.25, 0.3) is 0 Å². The van der Waals surface area contributed by atoms with Crippen molar-refractivity contribution >= 4 is 23.2 Å². The average Bonchev–Trinajstić information content (AvgIpc) is 2.82. The van der Waals surface area contributed by atoms with E-state index in [9.17, 15) is 0 Å². The second-order valence-corrected chi connectivity index (χ2v) is 10.3. The first kappa shape index (κ1) is 15.1. The first-order valence-electron chi connectivity index (χ1n) is 9.22. The predicted octanol–water partition coefficient (Wildman–Crippen LogP) is 6.24. The van der Waals surface area contributed by atoms with E-state index >= 15 is 0 Å². The van der Waals surface area contributed by atoms with Crippen LogP contribution >= 0.6 is 23.2 Å². The van der Waals surface area contributed by atoms with Gasteiger partial charge in [0, 0.05) is 0 Å². The molecule has 0 aliphatic heterocycles. The van der Waals surface area contributed by atoms with Crippen molar-refractivity contribution in [3.63, 3.8) is 0 Å². The second kappa shape index (κ2) is 5.04. The van der Waals surface area contributed by atoms with E-state index in [0.29, 0.717) is 10.8 Å². The lowest BCUT2D eigenvalue weighted by atomic mass is 9.45. The third-order valence-electron chi connectivity index (χ3n) is 8.38.